The van der Waals surface area contributed by atoms with Crippen molar-refractivity contribution in [2.75, 3.05) is 13.7 Å². The zero-order chi connectivity index (χ0) is 21.4. The smallest absolute Gasteiger partial charge is 0.145 e. The van der Waals surface area contributed by atoms with Crippen molar-refractivity contribution < 1.29 is 23.9 Å². The molecule has 0 radical (unpaired) electrons. The van der Waals surface area contributed by atoms with Gasteiger partial charge in [-0.2, -0.15) is 4.40 Å². The number of rotatable bonds is 9. The molecule has 2 aromatic carbocycles. The van der Waals surface area contributed by atoms with E-state index >= 15 is 0 Å². The van der Waals surface area contributed by atoms with Crippen molar-refractivity contribution in [1.29, 1.82) is 0 Å². The summed E-state index contributed by atoms with van der Waals surface area (Å²) in [6.07, 6.45) is -0.771. The van der Waals surface area contributed by atoms with Gasteiger partial charge in [0, 0.05) is 18.1 Å². The van der Waals surface area contributed by atoms with Gasteiger partial charge in [0.1, 0.15) is 22.5 Å². The van der Waals surface area contributed by atoms with Crippen LogP contribution in [0.5, 0.6) is 11.5 Å². The van der Waals surface area contributed by atoms with Crippen LogP contribution in [-0.4, -0.2) is 44.7 Å². The summed E-state index contributed by atoms with van der Waals surface area (Å²) < 4.78 is 27.0. The molecule has 0 fully saturated rings. The number of hydrogen-bond donors (Lipinski definition) is 2. The highest BCUT2D eigenvalue weighted by Gasteiger charge is 2.22. The van der Waals surface area contributed by atoms with Crippen molar-refractivity contribution in [3.05, 3.63) is 59.7 Å². The second-order valence-electron chi connectivity index (χ2n) is 7.64. The zero-order valence-corrected chi connectivity index (χ0v) is 18.1. The first-order valence-electron chi connectivity index (χ1n) is 9.37. The van der Waals surface area contributed by atoms with Crippen molar-refractivity contribution >= 4 is 16.7 Å². The van der Waals surface area contributed by atoms with Crippen LogP contribution in [0.3, 0.4) is 0 Å². The molecule has 2 aromatic rings. The fourth-order valence-corrected chi connectivity index (χ4v) is 3.13. The fourth-order valence-electron chi connectivity index (χ4n) is 2.49. The summed E-state index contributed by atoms with van der Waals surface area (Å²) in [4.78, 5) is 0. The predicted octanol–water partition coefficient (Wildman–Crippen LogP) is 3.62. The van der Waals surface area contributed by atoms with Gasteiger partial charge >= 0.3 is 0 Å². The molecule has 0 heterocycles. The van der Waals surface area contributed by atoms with Gasteiger partial charge in [0.15, 0.2) is 0 Å². The van der Waals surface area contributed by atoms with Gasteiger partial charge in [-0.25, -0.2) is 4.21 Å². The van der Waals surface area contributed by atoms with E-state index in [0.29, 0.717) is 23.6 Å². The summed E-state index contributed by atoms with van der Waals surface area (Å²) in [7, 11) is -0.0356. The lowest BCUT2D eigenvalue weighted by Crippen LogP contribution is -2.24. The van der Waals surface area contributed by atoms with Crippen LogP contribution in [0.1, 0.15) is 38.3 Å². The Labute approximate surface area is 174 Å². The maximum Gasteiger partial charge on any atom is 0.145 e. The van der Waals surface area contributed by atoms with Gasteiger partial charge in [-0.05, 0) is 38.5 Å². The molecule has 2 atom stereocenters. The van der Waals surface area contributed by atoms with E-state index < -0.39 is 21.8 Å². The first kappa shape index (κ1) is 23.1. The van der Waals surface area contributed by atoms with E-state index in [0.717, 1.165) is 5.56 Å². The van der Waals surface area contributed by atoms with Gasteiger partial charge in [0.05, 0.1) is 36.9 Å². The van der Waals surface area contributed by atoms with Gasteiger partial charge < -0.3 is 19.7 Å². The third kappa shape index (κ3) is 7.27. The minimum Gasteiger partial charge on any atom is -0.507 e. The summed E-state index contributed by atoms with van der Waals surface area (Å²) in [6.45, 7) is 5.92. The van der Waals surface area contributed by atoms with Crippen molar-refractivity contribution in [3.8, 4) is 11.5 Å². The minimum absolute atomic E-state index is 0.0496. The molecule has 0 aliphatic heterocycles. The number of ether oxygens (including phenoxy) is 2. The molecule has 0 aliphatic carbocycles. The Morgan fingerprint density at radius 3 is 2.45 bits per heavy atom. The van der Waals surface area contributed by atoms with Gasteiger partial charge in [-0.15, -0.1) is 0 Å². The molecular weight excluding hydrogens is 390 g/mol. The number of phenols is 1. The van der Waals surface area contributed by atoms with Crippen molar-refractivity contribution in [2.24, 2.45) is 4.40 Å². The normalized spacial score (nSPS) is 14.4. The Hall–Kier alpha value is -2.22. The Balaban J connectivity index is 2.15. The van der Waals surface area contributed by atoms with Crippen LogP contribution >= 0.6 is 0 Å². The molecule has 0 aliphatic rings. The SMILES string of the molecule is COc1ccc(/C(C[C@H](O)COCc2ccccc2)=N/S(=O)C(C)(C)C)c(O)c1. The fraction of sp³-hybridized carbons (Fsp3) is 0.409. The average Bonchev–Trinajstić information content (AvgIpc) is 2.67. The van der Waals surface area contributed by atoms with Crippen LogP contribution in [0.2, 0.25) is 0 Å². The highest BCUT2D eigenvalue weighted by Crippen LogP contribution is 2.26. The number of phenolic OH excluding ortho intramolecular Hbond substituents is 1. The molecule has 29 heavy (non-hydrogen) atoms. The number of aliphatic hydroxyl groups is 1. The lowest BCUT2D eigenvalue weighted by molar-refractivity contribution is 0.0322. The number of nitrogens with zero attached hydrogens (tertiary/aromatic N) is 1. The Kier molecular flexibility index (Phi) is 8.37. The van der Waals surface area contributed by atoms with Crippen molar-refractivity contribution in [2.45, 2.75) is 44.6 Å². The van der Waals surface area contributed by atoms with Crippen LogP contribution < -0.4 is 4.74 Å². The molecule has 0 amide bonds. The second-order valence-corrected chi connectivity index (χ2v) is 9.55. The quantitative estimate of drug-likeness (QED) is 0.606. The van der Waals surface area contributed by atoms with E-state index in [9.17, 15) is 14.4 Å². The zero-order valence-electron chi connectivity index (χ0n) is 17.3. The Morgan fingerprint density at radius 1 is 1.17 bits per heavy atom. The molecule has 0 spiro atoms. The Bertz CT molecular complexity index is 846. The van der Waals surface area contributed by atoms with E-state index in [2.05, 4.69) is 4.40 Å². The molecule has 6 nitrogen and oxygen atoms in total. The third-order valence-corrected chi connectivity index (χ3v) is 5.52. The monoisotopic (exact) mass is 419 g/mol. The maximum absolute atomic E-state index is 12.6. The summed E-state index contributed by atoms with van der Waals surface area (Å²) in [5.74, 6) is 0.445. The molecule has 0 bridgehead atoms. The average molecular weight is 420 g/mol. The predicted molar refractivity (Wildman–Crippen MR) is 116 cm³/mol. The number of benzene rings is 2. The van der Waals surface area contributed by atoms with Gasteiger partial charge in [-0.1, -0.05) is 30.3 Å². The lowest BCUT2D eigenvalue weighted by atomic mass is 10.0. The molecule has 2 N–H and O–H groups in total. The van der Waals surface area contributed by atoms with E-state index in [-0.39, 0.29) is 18.8 Å². The first-order valence-corrected chi connectivity index (χ1v) is 10.5. The molecule has 0 aromatic heterocycles. The van der Waals surface area contributed by atoms with Crippen LogP contribution in [0.25, 0.3) is 0 Å². The number of methoxy groups -OCH3 is 1. The molecule has 158 valence electrons. The van der Waals surface area contributed by atoms with Crippen LogP contribution in [-0.2, 0) is 22.3 Å². The third-order valence-electron chi connectivity index (χ3n) is 4.08. The molecule has 2 rings (SSSR count). The Morgan fingerprint density at radius 2 is 1.86 bits per heavy atom. The topological polar surface area (TPSA) is 88.4 Å². The summed E-state index contributed by atoms with van der Waals surface area (Å²) >= 11 is 0. The number of aromatic hydroxyl groups is 1. The van der Waals surface area contributed by atoms with Gasteiger partial charge in [0.25, 0.3) is 0 Å². The molecule has 7 heteroatoms. The molecule has 0 saturated heterocycles. The van der Waals surface area contributed by atoms with E-state index in [4.69, 9.17) is 9.47 Å². The standard InChI is InChI=1S/C22H29NO5S/c1-22(2,3)29(26)23-20(19-11-10-18(27-4)13-21(19)25)12-17(24)15-28-14-16-8-6-5-7-9-16/h5-11,13,17,24-25H,12,14-15H2,1-4H3/b23-20+/t17-,29?/m0/s1. The highest BCUT2D eigenvalue weighted by atomic mass is 32.2. The second kappa shape index (κ2) is 10.5. The van der Waals surface area contributed by atoms with Crippen LogP contribution in [0, 0.1) is 0 Å². The molecular formula is C22H29NO5S. The largest absolute Gasteiger partial charge is 0.507 e. The van der Waals surface area contributed by atoms with E-state index in [1.54, 1.807) is 12.1 Å². The van der Waals surface area contributed by atoms with E-state index in [1.807, 2.05) is 51.1 Å². The first-order chi connectivity index (χ1) is 13.7. The lowest BCUT2D eigenvalue weighted by Gasteiger charge is -2.18. The van der Waals surface area contributed by atoms with Gasteiger partial charge in [-0.3, -0.25) is 0 Å². The van der Waals surface area contributed by atoms with Crippen LogP contribution in [0.15, 0.2) is 52.9 Å². The van der Waals surface area contributed by atoms with Crippen molar-refractivity contribution in [3.63, 3.8) is 0 Å². The van der Waals surface area contributed by atoms with Crippen molar-refractivity contribution in [1.82, 2.24) is 0 Å². The number of hydrogen-bond acceptors (Lipinski definition) is 5. The van der Waals surface area contributed by atoms with E-state index in [1.165, 1.54) is 13.2 Å². The summed E-state index contributed by atoms with van der Waals surface area (Å²) in [5, 5.41) is 20.8. The van der Waals surface area contributed by atoms with Gasteiger partial charge in [0.2, 0.25) is 0 Å². The highest BCUT2D eigenvalue weighted by molar-refractivity contribution is 7.85. The number of aliphatic hydroxyl groups excluding tert-OH is 1. The molecule has 0 saturated carbocycles. The minimum atomic E-state index is -1.54. The molecule has 1 unspecified atom stereocenters. The van der Waals surface area contributed by atoms with Crippen LogP contribution in [0.4, 0.5) is 0 Å². The summed E-state index contributed by atoms with van der Waals surface area (Å²) in [6, 6.07) is 14.5. The summed E-state index contributed by atoms with van der Waals surface area (Å²) in [5.41, 5.74) is 1.77. The maximum atomic E-state index is 12.6.